The molecule has 4 heterocycles. The second kappa shape index (κ2) is 8.66. The van der Waals surface area contributed by atoms with Crippen LogP contribution in [0.2, 0.25) is 0 Å². The number of oxime groups is 1. The first-order chi connectivity index (χ1) is 18.9. The van der Waals surface area contributed by atoms with Crippen molar-refractivity contribution in [3.8, 4) is 0 Å². The number of carbonyl (C=O) groups excluding carboxylic acids is 2. The lowest BCUT2D eigenvalue weighted by Gasteiger charge is -2.30. The van der Waals surface area contributed by atoms with Gasteiger partial charge in [0.25, 0.3) is 17.4 Å². The Bertz CT molecular complexity index is 1690. The molecule has 2 amide bonds. The van der Waals surface area contributed by atoms with Gasteiger partial charge in [-0.1, -0.05) is 29.4 Å². The summed E-state index contributed by atoms with van der Waals surface area (Å²) in [6, 6.07) is 10.5. The molecule has 0 spiro atoms. The number of furan rings is 1. The first-order valence-corrected chi connectivity index (χ1v) is 11.7. The number of halogens is 6. The van der Waals surface area contributed by atoms with Gasteiger partial charge < -0.3 is 9.25 Å². The minimum atomic E-state index is -5.13. The second-order valence-electron chi connectivity index (χ2n) is 9.23. The number of aromatic nitrogens is 1. The molecule has 2 aliphatic heterocycles. The molecule has 1 atom stereocenters. The second-order valence-corrected chi connectivity index (χ2v) is 9.23. The van der Waals surface area contributed by atoms with Crippen LogP contribution >= 0.6 is 0 Å². The highest BCUT2D eigenvalue weighted by Gasteiger charge is 2.62. The Balaban J connectivity index is 1.34. The van der Waals surface area contributed by atoms with Crippen LogP contribution in [0.5, 0.6) is 0 Å². The number of amides is 2. The van der Waals surface area contributed by atoms with Crippen molar-refractivity contribution in [3.05, 3.63) is 101 Å². The molecule has 0 bridgehead atoms. The predicted octanol–water partition coefficient (Wildman–Crippen LogP) is 6.23. The van der Waals surface area contributed by atoms with Crippen LogP contribution in [0.3, 0.4) is 0 Å². The Kier molecular flexibility index (Phi) is 5.54. The molecule has 13 heteroatoms. The monoisotopic (exact) mass is 559 g/mol. The van der Waals surface area contributed by atoms with E-state index >= 15 is 0 Å². The molecular weight excluding hydrogens is 544 g/mol. The molecule has 0 saturated carbocycles. The lowest BCUT2D eigenvalue weighted by molar-refractivity contribution is -0.276. The average Bonchev–Trinajstić information content (AvgIpc) is 3.64. The van der Waals surface area contributed by atoms with Crippen molar-refractivity contribution in [3.63, 3.8) is 0 Å². The fourth-order valence-corrected chi connectivity index (χ4v) is 4.89. The van der Waals surface area contributed by atoms with Crippen molar-refractivity contribution >= 4 is 28.5 Å². The van der Waals surface area contributed by atoms with Crippen molar-refractivity contribution in [1.29, 1.82) is 0 Å². The summed E-state index contributed by atoms with van der Waals surface area (Å²) in [5.41, 5.74) is -4.59. The average molecular weight is 559 g/mol. The number of benzene rings is 2. The van der Waals surface area contributed by atoms with Crippen LogP contribution in [0.15, 0.2) is 76.6 Å². The molecule has 0 aliphatic carbocycles. The summed E-state index contributed by atoms with van der Waals surface area (Å²) < 4.78 is 88.4. The quantitative estimate of drug-likeness (QED) is 0.219. The van der Waals surface area contributed by atoms with E-state index in [0.717, 1.165) is 17.0 Å². The Hall–Kier alpha value is -4.68. The number of hydrogen-bond donors (Lipinski definition) is 0. The van der Waals surface area contributed by atoms with Gasteiger partial charge in [-0.25, -0.2) is 0 Å². The zero-order chi connectivity index (χ0) is 28.4. The molecule has 204 valence electrons. The van der Waals surface area contributed by atoms with E-state index in [1.807, 2.05) is 0 Å². The summed E-state index contributed by atoms with van der Waals surface area (Å²) in [6.07, 6.45) is -8.48. The molecule has 1 unspecified atom stereocenters. The minimum absolute atomic E-state index is 0.0907. The molecule has 2 aromatic heterocycles. The molecule has 0 fully saturated rings. The van der Waals surface area contributed by atoms with Crippen LogP contribution < -0.4 is 0 Å². The van der Waals surface area contributed by atoms with Crippen LogP contribution in [0.4, 0.5) is 26.3 Å². The lowest BCUT2D eigenvalue weighted by Crippen LogP contribution is -2.42. The summed E-state index contributed by atoms with van der Waals surface area (Å²) in [4.78, 5) is 35.7. The van der Waals surface area contributed by atoms with Crippen molar-refractivity contribution in [1.82, 2.24) is 9.88 Å². The summed E-state index contributed by atoms with van der Waals surface area (Å²) in [6.45, 7) is -0.268. The molecule has 0 saturated heterocycles. The smallest absolute Gasteiger partial charge is 0.435 e. The van der Waals surface area contributed by atoms with Crippen LogP contribution in [0, 0.1) is 0 Å². The van der Waals surface area contributed by atoms with Gasteiger partial charge in [0, 0.05) is 22.7 Å². The largest absolute Gasteiger partial charge is 0.462 e. The van der Waals surface area contributed by atoms with Crippen LogP contribution in [0.25, 0.3) is 11.0 Å². The summed E-state index contributed by atoms with van der Waals surface area (Å²) in [5.74, 6) is -1.06. The van der Waals surface area contributed by atoms with Crippen molar-refractivity contribution < 1.29 is 45.2 Å². The molecule has 0 N–H and O–H groups in total. The lowest BCUT2D eigenvalue weighted by atomic mass is 9.85. The maximum atomic E-state index is 14.4. The fourth-order valence-electron chi connectivity index (χ4n) is 4.89. The fraction of sp³-hybridized carbons (Fsp3) is 0.185. The molecule has 4 aromatic rings. The third kappa shape index (κ3) is 3.83. The van der Waals surface area contributed by atoms with Gasteiger partial charge in [-0.2, -0.15) is 26.3 Å². The molecule has 40 heavy (non-hydrogen) atoms. The Labute approximate surface area is 220 Å². The Morgan fingerprint density at radius 2 is 1.60 bits per heavy atom. The number of rotatable bonds is 4. The van der Waals surface area contributed by atoms with Gasteiger partial charge in [-0.05, 0) is 30.3 Å². The van der Waals surface area contributed by atoms with E-state index in [1.54, 1.807) is 12.1 Å². The standard InChI is InChI=1S/C27H15F6N3O4/c28-26(29,30)15-5-3-4-14(10-15)25(27(31,32)33)11-20(35-40-25)19-12-34-21(22-16(19)8-9-39-22)13-36-23(37)17-6-1-2-7-18(17)24(36)38/h1-10,12H,11,13H2. The van der Waals surface area contributed by atoms with Gasteiger partial charge >= 0.3 is 12.4 Å². The number of fused-ring (bicyclic) bond motifs is 2. The maximum Gasteiger partial charge on any atom is 0.435 e. The highest BCUT2D eigenvalue weighted by Crippen LogP contribution is 2.50. The van der Waals surface area contributed by atoms with E-state index in [2.05, 4.69) is 10.1 Å². The van der Waals surface area contributed by atoms with E-state index in [9.17, 15) is 35.9 Å². The van der Waals surface area contributed by atoms with Crippen LogP contribution in [-0.2, 0) is 23.2 Å². The number of nitrogens with zero attached hydrogens (tertiary/aromatic N) is 3. The van der Waals surface area contributed by atoms with Gasteiger partial charge in [0.15, 0.2) is 5.58 Å². The molecule has 2 aliphatic rings. The van der Waals surface area contributed by atoms with Crippen molar-refractivity contribution in [2.75, 3.05) is 0 Å². The number of hydrogen-bond acceptors (Lipinski definition) is 6. The molecular formula is C27H15F6N3O4. The Morgan fingerprint density at radius 3 is 2.25 bits per heavy atom. The van der Waals surface area contributed by atoms with Crippen LogP contribution in [0.1, 0.15) is 49.5 Å². The SMILES string of the molecule is O=C1c2ccccc2C(=O)N1Cc1ncc(C2=NOC(c3cccc(C(F)(F)F)c3)(C(F)(F)F)C2)c2ccoc12. The molecule has 2 aromatic carbocycles. The summed E-state index contributed by atoms with van der Waals surface area (Å²) in [5, 5.41) is 3.89. The van der Waals surface area contributed by atoms with E-state index < -0.39 is 47.3 Å². The number of alkyl halides is 6. The first-order valence-electron chi connectivity index (χ1n) is 11.7. The number of imide groups is 1. The van der Waals surface area contributed by atoms with Crippen LogP contribution in [-0.4, -0.2) is 33.6 Å². The van der Waals surface area contributed by atoms with E-state index in [1.165, 1.54) is 30.7 Å². The zero-order valence-corrected chi connectivity index (χ0v) is 20.0. The number of pyridine rings is 1. The normalized spacial score (nSPS) is 19.2. The van der Waals surface area contributed by atoms with E-state index in [0.29, 0.717) is 12.1 Å². The summed E-state index contributed by atoms with van der Waals surface area (Å²) >= 11 is 0. The van der Waals surface area contributed by atoms with Gasteiger partial charge in [0.1, 0.15) is 5.69 Å². The van der Waals surface area contributed by atoms with Gasteiger partial charge in [0.05, 0.1) is 41.6 Å². The topological polar surface area (TPSA) is 85.0 Å². The van der Waals surface area contributed by atoms with Crippen molar-refractivity contribution in [2.45, 2.75) is 30.9 Å². The first kappa shape index (κ1) is 25.6. The minimum Gasteiger partial charge on any atom is -0.462 e. The zero-order valence-electron chi connectivity index (χ0n) is 20.0. The Morgan fingerprint density at radius 1 is 0.900 bits per heavy atom. The highest BCUT2D eigenvalue weighted by molar-refractivity contribution is 6.21. The summed E-state index contributed by atoms with van der Waals surface area (Å²) in [7, 11) is 0. The molecule has 7 nitrogen and oxygen atoms in total. The predicted molar refractivity (Wildman–Crippen MR) is 126 cm³/mol. The van der Waals surface area contributed by atoms with Gasteiger partial charge in [-0.15, -0.1) is 0 Å². The maximum absolute atomic E-state index is 14.4. The van der Waals surface area contributed by atoms with Gasteiger partial charge in [-0.3, -0.25) is 19.5 Å². The molecule has 6 rings (SSSR count). The van der Waals surface area contributed by atoms with E-state index in [-0.39, 0.29) is 45.6 Å². The van der Waals surface area contributed by atoms with Gasteiger partial charge in [0.2, 0.25) is 0 Å². The third-order valence-electron chi connectivity index (χ3n) is 6.91. The molecule has 0 radical (unpaired) electrons. The number of carbonyl (C=O) groups is 2. The highest BCUT2D eigenvalue weighted by atomic mass is 19.4. The van der Waals surface area contributed by atoms with Crippen molar-refractivity contribution in [2.24, 2.45) is 5.16 Å². The third-order valence-corrected chi connectivity index (χ3v) is 6.91. The van der Waals surface area contributed by atoms with E-state index in [4.69, 9.17) is 9.25 Å².